The Labute approximate surface area is 147 Å². The molecule has 0 fully saturated rings. The predicted octanol–water partition coefficient (Wildman–Crippen LogP) is 2.49. The SMILES string of the molecule is c1ccc([P+](c2ccccc2)(c2ccccc2)c2ncncn2)cc1. The van der Waals surface area contributed by atoms with Crippen LogP contribution in [-0.4, -0.2) is 15.0 Å². The summed E-state index contributed by atoms with van der Waals surface area (Å²) in [4.78, 5) is 13.3. The first kappa shape index (κ1) is 15.6. The molecule has 0 saturated heterocycles. The van der Waals surface area contributed by atoms with Crippen molar-refractivity contribution in [1.29, 1.82) is 0 Å². The monoisotopic (exact) mass is 342 g/mol. The van der Waals surface area contributed by atoms with Crippen LogP contribution >= 0.6 is 7.26 Å². The molecule has 1 heterocycles. The molecule has 0 spiro atoms. The van der Waals surface area contributed by atoms with Gasteiger partial charge in [-0.05, 0) is 36.4 Å². The molecule has 0 aliphatic heterocycles. The Hall–Kier alpha value is -2.90. The highest BCUT2D eigenvalue weighted by atomic mass is 31.2. The van der Waals surface area contributed by atoms with Gasteiger partial charge in [-0.1, -0.05) is 54.6 Å². The van der Waals surface area contributed by atoms with Crippen LogP contribution in [-0.2, 0) is 0 Å². The van der Waals surface area contributed by atoms with Crippen LogP contribution in [0.2, 0.25) is 0 Å². The van der Waals surface area contributed by atoms with E-state index < -0.39 is 7.26 Å². The second-order valence-corrected chi connectivity index (χ2v) is 8.91. The fraction of sp³-hybridized carbons (Fsp3) is 0. The summed E-state index contributed by atoms with van der Waals surface area (Å²) in [5.41, 5.74) is 0.825. The third-order valence-corrected chi connectivity index (χ3v) is 8.26. The van der Waals surface area contributed by atoms with Gasteiger partial charge >= 0.3 is 0 Å². The van der Waals surface area contributed by atoms with E-state index in [1.807, 2.05) is 18.2 Å². The van der Waals surface area contributed by atoms with Crippen LogP contribution in [0.1, 0.15) is 0 Å². The lowest BCUT2D eigenvalue weighted by atomic mass is 10.4. The average Bonchev–Trinajstić information content (AvgIpc) is 2.72. The van der Waals surface area contributed by atoms with Gasteiger partial charge in [-0.25, -0.2) is 4.98 Å². The maximum absolute atomic E-state index is 4.61. The topological polar surface area (TPSA) is 38.7 Å². The van der Waals surface area contributed by atoms with Crippen molar-refractivity contribution < 1.29 is 0 Å². The van der Waals surface area contributed by atoms with Gasteiger partial charge in [-0.15, -0.1) is 0 Å². The molecule has 0 amide bonds. The second kappa shape index (κ2) is 6.92. The van der Waals surface area contributed by atoms with Crippen molar-refractivity contribution in [1.82, 2.24) is 15.0 Å². The van der Waals surface area contributed by atoms with Gasteiger partial charge in [0.1, 0.15) is 28.6 Å². The highest BCUT2D eigenvalue weighted by Crippen LogP contribution is 2.52. The minimum absolute atomic E-state index is 0.825. The predicted molar refractivity (Wildman–Crippen MR) is 105 cm³/mol. The van der Waals surface area contributed by atoms with Crippen molar-refractivity contribution in [3.63, 3.8) is 0 Å². The van der Waals surface area contributed by atoms with Gasteiger partial charge in [-0.3, -0.25) is 0 Å². The fourth-order valence-corrected chi connectivity index (χ4v) is 7.05. The number of hydrogen-bond acceptors (Lipinski definition) is 3. The van der Waals surface area contributed by atoms with Gasteiger partial charge in [0.15, 0.2) is 7.26 Å². The van der Waals surface area contributed by atoms with E-state index in [0.29, 0.717) is 0 Å². The van der Waals surface area contributed by atoms with Gasteiger partial charge in [0, 0.05) is 0 Å². The van der Waals surface area contributed by atoms with Crippen LogP contribution in [0.4, 0.5) is 0 Å². The highest BCUT2D eigenvalue weighted by Gasteiger charge is 2.50. The van der Waals surface area contributed by atoms with E-state index >= 15 is 0 Å². The second-order valence-electron chi connectivity index (χ2n) is 5.62. The number of hydrogen-bond donors (Lipinski definition) is 0. The van der Waals surface area contributed by atoms with Crippen molar-refractivity contribution in [2.24, 2.45) is 0 Å². The van der Waals surface area contributed by atoms with E-state index in [4.69, 9.17) is 0 Å². The van der Waals surface area contributed by atoms with Crippen molar-refractivity contribution in [3.05, 3.63) is 104 Å². The first-order chi connectivity index (χ1) is 12.4. The molecular weight excluding hydrogens is 325 g/mol. The standard InChI is InChI=1S/C21H17N3P/c1-4-10-18(11-5-1)25(19-12-6-2-7-13-19,20-14-8-3-9-15-20)21-23-16-22-17-24-21/h1-17H/q+1. The van der Waals surface area contributed by atoms with Crippen LogP contribution in [0.15, 0.2) is 104 Å². The third-order valence-electron chi connectivity index (χ3n) is 4.21. The molecule has 25 heavy (non-hydrogen) atoms. The molecule has 0 aliphatic rings. The molecule has 120 valence electrons. The van der Waals surface area contributed by atoms with Crippen LogP contribution in [0, 0.1) is 0 Å². The summed E-state index contributed by atoms with van der Waals surface area (Å²) in [7, 11) is -2.17. The van der Waals surface area contributed by atoms with Crippen LogP contribution in [0.25, 0.3) is 0 Å². The van der Waals surface area contributed by atoms with E-state index in [1.54, 1.807) is 12.7 Å². The third kappa shape index (κ3) is 2.73. The molecule has 0 bridgehead atoms. The van der Waals surface area contributed by atoms with Crippen molar-refractivity contribution in [3.8, 4) is 0 Å². The minimum Gasteiger partial charge on any atom is -0.225 e. The Morgan fingerprint density at radius 2 is 0.840 bits per heavy atom. The molecule has 0 N–H and O–H groups in total. The summed E-state index contributed by atoms with van der Waals surface area (Å²) < 4.78 is 0. The van der Waals surface area contributed by atoms with Crippen molar-refractivity contribution in [2.75, 3.05) is 0 Å². The van der Waals surface area contributed by atoms with Gasteiger partial charge in [0.25, 0.3) is 5.57 Å². The molecule has 0 unspecified atom stereocenters. The molecule has 4 heteroatoms. The number of rotatable bonds is 4. The quantitative estimate of drug-likeness (QED) is 0.535. The van der Waals surface area contributed by atoms with Crippen LogP contribution < -0.4 is 21.5 Å². The average molecular weight is 342 g/mol. The van der Waals surface area contributed by atoms with E-state index in [9.17, 15) is 0 Å². The van der Waals surface area contributed by atoms with E-state index in [0.717, 1.165) is 5.57 Å². The van der Waals surface area contributed by atoms with Crippen LogP contribution in [0.5, 0.6) is 0 Å². The van der Waals surface area contributed by atoms with Crippen LogP contribution in [0.3, 0.4) is 0 Å². The maximum Gasteiger partial charge on any atom is 0.295 e. The molecule has 0 atom stereocenters. The van der Waals surface area contributed by atoms with E-state index in [2.05, 4.69) is 87.7 Å². The first-order valence-corrected chi connectivity index (χ1v) is 9.90. The highest BCUT2D eigenvalue weighted by molar-refractivity contribution is 8.01. The van der Waals surface area contributed by atoms with Gasteiger partial charge < -0.3 is 0 Å². The minimum atomic E-state index is -2.17. The smallest absolute Gasteiger partial charge is 0.225 e. The summed E-state index contributed by atoms with van der Waals surface area (Å²) in [6, 6.07) is 31.7. The van der Waals surface area contributed by atoms with E-state index in [1.165, 1.54) is 15.9 Å². The summed E-state index contributed by atoms with van der Waals surface area (Å²) >= 11 is 0. The zero-order valence-electron chi connectivity index (χ0n) is 13.6. The van der Waals surface area contributed by atoms with E-state index in [-0.39, 0.29) is 0 Å². The Bertz CT molecular complexity index is 766. The Morgan fingerprint density at radius 1 is 0.480 bits per heavy atom. The Morgan fingerprint density at radius 3 is 1.20 bits per heavy atom. The van der Waals surface area contributed by atoms with Gasteiger partial charge in [-0.2, -0.15) is 9.97 Å². The summed E-state index contributed by atoms with van der Waals surface area (Å²) in [6.45, 7) is 0. The summed E-state index contributed by atoms with van der Waals surface area (Å²) in [5, 5.41) is 3.70. The molecule has 0 aliphatic carbocycles. The normalized spacial score (nSPS) is 11.2. The molecule has 0 radical (unpaired) electrons. The zero-order valence-corrected chi connectivity index (χ0v) is 14.5. The molecular formula is C21H17N3P+. The maximum atomic E-state index is 4.61. The number of aromatic nitrogens is 3. The van der Waals surface area contributed by atoms with Gasteiger partial charge in [0.05, 0.1) is 0 Å². The molecule has 3 aromatic carbocycles. The number of nitrogens with zero attached hydrogens (tertiary/aromatic N) is 3. The lowest BCUT2D eigenvalue weighted by Crippen LogP contribution is -2.41. The Kier molecular flexibility index (Phi) is 4.32. The molecule has 3 nitrogen and oxygen atoms in total. The summed E-state index contributed by atoms with van der Waals surface area (Å²) in [5.74, 6) is 0. The Balaban J connectivity index is 2.13. The largest absolute Gasteiger partial charge is 0.295 e. The molecule has 4 rings (SSSR count). The molecule has 1 aromatic heterocycles. The molecule has 0 saturated carbocycles. The zero-order chi connectivity index (χ0) is 17.0. The fourth-order valence-electron chi connectivity index (χ4n) is 3.15. The lowest BCUT2D eigenvalue weighted by molar-refractivity contribution is 1.09. The van der Waals surface area contributed by atoms with Gasteiger partial charge in [0.2, 0.25) is 0 Å². The summed E-state index contributed by atoms with van der Waals surface area (Å²) in [6.07, 6.45) is 3.18. The lowest BCUT2D eigenvalue weighted by Gasteiger charge is -2.24. The number of benzene rings is 3. The van der Waals surface area contributed by atoms with Crippen molar-refractivity contribution in [2.45, 2.75) is 0 Å². The van der Waals surface area contributed by atoms with Crippen molar-refractivity contribution >= 4 is 28.7 Å². The molecule has 4 aromatic rings. The first-order valence-electron chi connectivity index (χ1n) is 8.11.